The maximum Gasteiger partial charge on any atom is 0.340 e. The van der Waals surface area contributed by atoms with Crippen LogP contribution in [0.5, 0.6) is 0 Å². The molecule has 31 heavy (non-hydrogen) atoms. The van der Waals surface area contributed by atoms with E-state index in [1.807, 2.05) is 43.3 Å². The van der Waals surface area contributed by atoms with E-state index in [0.717, 1.165) is 11.1 Å². The lowest BCUT2D eigenvalue weighted by atomic mass is 10.1. The van der Waals surface area contributed by atoms with Gasteiger partial charge in [0.1, 0.15) is 0 Å². The molecule has 1 N–H and O–H groups in total. The van der Waals surface area contributed by atoms with E-state index in [1.165, 1.54) is 29.8 Å². The second-order valence-electron chi connectivity index (χ2n) is 7.16. The molecule has 0 fully saturated rings. The maximum absolute atomic E-state index is 12.6. The molecule has 160 valence electrons. The van der Waals surface area contributed by atoms with Gasteiger partial charge in [-0.05, 0) is 37.1 Å². The summed E-state index contributed by atoms with van der Waals surface area (Å²) in [6.07, 6.45) is 0.410. The minimum absolute atomic E-state index is 0.169. The SMILES string of the molecule is CC(OC(=O)c1ccc(=O)n(Cc2ccccc2Cl)c1)C(=O)NC(C)c1ccccc1. The Hall–Kier alpha value is -3.38. The van der Waals surface area contributed by atoms with E-state index in [9.17, 15) is 14.4 Å². The number of amides is 1. The standard InChI is InChI=1S/C24H23ClN2O4/c1-16(18-8-4-3-5-9-18)26-23(29)17(2)31-24(30)20-12-13-22(28)27(15-20)14-19-10-6-7-11-21(19)25/h3-13,15-17H,14H2,1-2H3,(H,26,29). The van der Waals surface area contributed by atoms with Crippen LogP contribution >= 0.6 is 11.6 Å². The summed E-state index contributed by atoms with van der Waals surface area (Å²) in [5.41, 5.74) is 1.59. The number of pyridine rings is 1. The Balaban J connectivity index is 1.66. The van der Waals surface area contributed by atoms with Crippen LogP contribution in [0, 0.1) is 0 Å². The van der Waals surface area contributed by atoms with Crippen LogP contribution in [0.2, 0.25) is 5.02 Å². The van der Waals surface area contributed by atoms with Crippen molar-refractivity contribution in [3.8, 4) is 0 Å². The normalized spacial score (nSPS) is 12.6. The molecule has 6 nitrogen and oxygen atoms in total. The molecule has 2 unspecified atom stereocenters. The molecular formula is C24H23ClN2O4. The number of halogens is 1. The van der Waals surface area contributed by atoms with Crippen molar-refractivity contribution >= 4 is 23.5 Å². The van der Waals surface area contributed by atoms with Crippen molar-refractivity contribution in [3.05, 3.63) is 105 Å². The number of carbonyl (C=O) groups excluding carboxylic acids is 2. The van der Waals surface area contributed by atoms with Gasteiger partial charge in [0.2, 0.25) is 0 Å². The minimum Gasteiger partial charge on any atom is -0.449 e. The number of ether oxygens (including phenoxy) is 1. The molecule has 0 saturated heterocycles. The quantitative estimate of drug-likeness (QED) is 0.566. The average molecular weight is 439 g/mol. The molecule has 1 aromatic heterocycles. The second-order valence-corrected chi connectivity index (χ2v) is 7.57. The number of nitrogens with zero attached hydrogens (tertiary/aromatic N) is 1. The molecular weight excluding hydrogens is 416 g/mol. The van der Waals surface area contributed by atoms with Crippen LogP contribution in [0.4, 0.5) is 0 Å². The molecule has 2 aromatic carbocycles. The molecule has 0 radical (unpaired) electrons. The number of rotatable bonds is 7. The Morgan fingerprint density at radius 2 is 1.68 bits per heavy atom. The van der Waals surface area contributed by atoms with Gasteiger partial charge in [-0.2, -0.15) is 0 Å². The van der Waals surface area contributed by atoms with Crippen LogP contribution in [0.3, 0.4) is 0 Å². The molecule has 1 amide bonds. The van der Waals surface area contributed by atoms with E-state index in [-0.39, 0.29) is 23.7 Å². The lowest BCUT2D eigenvalue weighted by molar-refractivity contribution is -0.129. The Morgan fingerprint density at radius 3 is 2.39 bits per heavy atom. The summed E-state index contributed by atoms with van der Waals surface area (Å²) in [6.45, 7) is 3.57. The number of aromatic nitrogens is 1. The molecule has 0 saturated carbocycles. The highest BCUT2D eigenvalue weighted by Crippen LogP contribution is 2.16. The van der Waals surface area contributed by atoms with Gasteiger partial charge >= 0.3 is 5.97 Å². The highest BCUT2D eigenvalue weighted by atomic mass is 35.5. The van der Waals surface area contributed by atoms with Crippen molar-refractivity contribution in [1.82, 2.24) is 9.88 Å². The van der Waals surface area contributed by atoms with Gasteiger partial charge in [-0.25, -0.2) is 4.79 Å². The predicted molar refractivity (Wildman–Crippen MR) is 119 cm³/mol. The van der Waals surface area contributed by atoms with Crippen LogP contribution < -0.4 is 10.9 Å². The zero-order valence-electron chi connectivity index (χ0n) is 17.2. The van der Waals surface area contributed by atoms with Crippen molar-refractivity contribution in [2.24, 2.45) is 0 Å². The van der Waals surface area contributed by atoms with E-state index in [0.29, 0.717) is 5.02 Å². The molecule has 3 rings (SSSR count). The number of carbonyl (C=O) groups is 2. The van der Waals surface area contributed by atoms with Crippen molar-refractivity contribution < 1.29 is 14.3 Å². The number of nitrogens with one attached hydrogen (secondary N) is 1. The van der Waals surface area contributed by atoms with Crippen molar-refractivity contribution in [1.29, 1.82) is 0 Å². The third kappa shape index (κ3) is 5.83. The fourth-order valence-corrected chi connectivity index (χ4v) is 3.22. The van der Waals surface area contributed by atoms with E-state index in [1.54, 1.807) is 18.2 Å². The maximum atomic E-state index is 12.6. The second kappa shape index (κ2) is 10.1. The summed E-state index contributed by atoms with van der Waals surface area (Å²) in [7, 11) is 0. The van der Waals surface area contributed by atoms with Gasteiger partial charge in [0.25, 0.3) is 11.5 Å². The van der Waals surface area contributed by atoms with Crippen LogP contribution in [0.25, 0.3) is 0 Å². The smallest absolute Gasteiger partial charge is 0.340 e. The Morgan fingerprint density at radius 1 is 1.00 bits per heavy atom. The van der Waals surface area contributed by atoms with E-state index < -0.39 is 18.0 Å². The molecule has 0 aliphatic rings. The zero-order chi connectivity index (χ0) is 22.4. The molecule has 2 atom stereocenters. The molecule has 0 aliphatic heterocycles. The summed E-state index contributed by atoms with van der Waals surface area (Å²) in [5.74, 6) is -1.10. The third-order valence-corrected chi connectivity index (χ3v) is 5.20. The first-order valence-electron chi connectivity index (χ1n) is 9.85. The predicted octanol–water partition coefficient (Wildman–Crippen LogP) is 3.97. The zero-order valence-corrected chi connectivity index (χ0v) is 18.0. The van der Waals surface area contributed by atoms with E-state index >= 15 is 0 Å². The summed E-state index contributed by atoms with van der Waals surface area (Å²) in [4.78, 5) is 37.2. The monoisotopic (exact) mass is 438 g/mol. The molecule has 7 heteroatoms. The van der Waals surface area contributed by atoms with E-state index in [2.05, 4.69) is 5.32 Å². The van der Waals surface area contributed by atoms with Crippen LogP contribution in [-0.4, -0.2) is 22.5 Å². The van der Waals surface area contributed by atoms with Gasteiger partial charge in [0.15, 0.2) is 6.10 Å². The van der Waals surface area contributed by atoms with Gasteiger partial charge in [-0.15, -0.1) is 0 Å². The molecule has 0 aliphatic carbocycles. The first kappa shape index (κ1) is 22.3. The molecule has 0 spiro atoms. The van der Waals surface area contributed by atoms with Crippen molar-refractivity contribution in [2.75, 3.05) is 0 Å². The number of benzene rings is 2. The number of hydrogen-bond acceptors (Lipinski definition) is 4. The Kier molecular flexibility index (Phi) is 7.26. The lowest BCUT2D eigenvalue weighted by Crippen LogP contribution is -2.37. The van der Waals surface area contributed by atoms with Crippen LogP contribution in [-0.2, 0) is 16.1 Å². The Labute approximate surface area is 185 Å². The third-order valence-electron chi connectivity index (χ3n) is 4.83. The van der Waals surface area contributed by atoms with Gasteiger partial charge in [-0.3, -0.25) is 9.59 Å². The summed E-state index contributed by atoms with van der Waals surface area (Å²) in [6, 6.07) is 19.1. The highest BCUT2D eigenvalue weighted by molar-refractivity contribution is 6.31. The summed E-state index contributed by atoms with van der Waals surface area (Å²) >= 11 is 6.17. The topological polar surface area (TPSA) is 77.4 Å². The first-order valence-corrected chi connectivity index (χ1v) is 10.2. The first-order chi connectivity index (χ1) is 14.8. The van der Waals surface area contributed by atoms with E-state index in [4.69, 9.17) is 16.3 Å². The number of esters is 1. The fourth-order valence-electron chi connectivity index (χ4n) is 3.02. The van der Waals surface area contributed by atoms with Crippen molar-refractivity contribution in [2.45, 2.75) is 32.5 Å². The molecule has 1 heterocycles. The van der Waals surface area contributed by atoms with Gasteiger partial charge in [-0.1, -0.05) is 60.1 Å². The molecule has 3 aromatic rings. The van der Waals surface area contributed by atoms with Crippen LogP contribution in [0.1, 0.15) is 41.4 Å². The Bertz CT molecular complexity index is 1130. The number of hydrogen-bond donors (Lipinski definition) is 1. The average Bonchev–Trinajstić information content (AvgIpc) is 2.77. The van der Waals surface area contributed by atoms with Gasteiger partial charge in [0, 0.05) is 17.3 Å². The fraction of sp³-hybridized carbons (Fsp3) is 0.208. The highest BCUT2D eigenvalue weighted by Gasteiger charge is 2.21. The lowest BCUT2D eigenvalue weighted by Gasteiger charge is -2.18. The summed E-state index contributed by atoms with van der Waals surface area (Å²) in [5, 5.41) is 3.35. The molecule has 0 bridgehead atoms. The minimum atomic E-state index is -0.998. The largest absolute Gasteiger partial charge is 0.449 e. The summed E-state index contributed by atoms with van der Waals surface area (Å²) < 4.78 is 6.69. The van der Waals surface area contributed by atoms with Crippen LogP contribution in [0.15, 0.2) is 77.7 Å². The van der Waals surface area contributed by atoms with Crippen molar-refractivity contribution in [3.63, 3.8) is 0 Å². The van der Waals surface area contributed by atoms with Gasteiger partial charge < -0.3 is 14.6 Å². The van der Waals surface area contributed by atoms with Gasteiger partial charge in [0.05, 0.1) is 18.2 Å².